The quantitative estimate of drug-likeness (QED) is 0.685. The van der Waals surface area contributed by atoms with E-state index in [-0.39, 0.29) is 5.91 Å². The van der Waals surface area contributed by atoms with Gasteiger partial charge in [-0.3, -0.25) is 9.59 Å². The van der Waals surface area contributed by atoms with Crippen LogP contribution in [0.3, 0.4) is 0 Å². The lowest BCUT2D eigenvalue weighted by Crippen LogP contribution is -2.37. The summed E-state index contributed by atoms with van der Waals surface area (Å²) in [6.45, 7) is 7.22. The number of carbonyl (C=O) groups excluding carboxylic acids is 1. The second-order valence-electron chi connectivity index (χ2n) is 5.46. The topological polar surface area (TPSA) is 69.6 Å². The summed E-state index contributed by atoms with van der Waals surface area (Å²) in [5.74, 6) is -2.20. The summed E-state index contributed by atoms with van der Waals surface area (Å²) < 4.78 is 0. The Morgan fingerprint density at radius 3 is 2.37 bits per heavy atom. The minimum absolute atomic E-state index is 0.159. The number of piperidine rings is 1. The number of carboxylic acid groups (broad SMARTS) is 1. The molecule has 19 heavy (non-hydrogen) atoms. The second kappa shape index (κ2) is 8.15. The van der Waals surface area contributed by atoms with Crippen LogP contribution in [0.25, 0.3) is 0 Å². The molecule has 1 rings (SSSR count). The van der Waals surface area contributed by atoms with Crippen LogP contribution in [0.2, 0.25) is 0 Å². The molecule has 2 N–H and O–H groups in total. The number of rotatable bonds is 7. The summed E-state index contributed by atoms with van der Waals surface area (Å²) in [7, 11) is 0. The van der Waals surface area contributed by atoms with Crippen LogP contribution in [0.1, 0.15) is 39.5 Å². The average Bonchev–Trinajstić information content (AvgIpc) is 2.42. The Labute approximate surface area is 115 Å². The highest BCUT2D eigenvalue weighted by molar-refractivity contribution is 5.84. The molecule has 5 heteroatoms. The number of aliphatic carboxylic acids is 1. The standard InChI is InChI=1S/C14H26N2O3/c1-11(12(2)14(18)19)13(17)15-7-6-10-16-8-4-3-5-9-16/h11-12H,3-10H2,1-2H3,(H,15,17)(H,18,19). The Balaban J connectivity index is 2.14. The minimum atomic E-state index is -0.920. The fourth-order valence-corrected chi connectivity index (χ4v) is 2.30. The largest absolute Gasteiger partial charge is 0.481 e. The number of hydrogen-bond donors (Lipinski definition) is 2. The molecule has 2 atom stereocenters. The van der Waals surface area contributed by atoms with Crippen molar-refractivity contribution in [2.75, 3.05) is 26.2 Å². The monoisotopic (exact) mass is 270 g/mol. The summed E-state index contributed by atoms with van der Waals surface area (Å²) in [5.41, 5.74) is 0. The Morgan fingerprint density at radius 2 is 1.79 bits per heavy atom. The molecule has 1 fully saturated rings. The zero-order chi connectivity index (χ0) is 14.3. The number of likely N-dealkylation sites (tertiary alicyclic amines) is 1. The Kier molecular flexibility index (Phi) is 6.84. The van der Waals surface area contributed by atoms with E-state index in [0.717, 1.165) is 13.0 Å². The van der Waals surface area contributed by atoms with Crippen LogP contribution in [0.5, 0.6) is 0 Å². The van der Waals surface area contributed by atoms with E-state index in [4.69, 9.17) is 5.11 Å². The van der Waals surface area contributed by atoms with Gasteiger partial charge in [0.05, 0.1) is 5.92 Å². The third kappa shape index (κ3) is 5.59. The highest BCUT2D eigenvalue weighted by Crippen LogP contribution is 2.11. The van der Waals surface area contributed by atoms with Gasteiger partial charge in [-0.15, -0.1) is 0 Å². The molecule has 110 valence electrons. The third-order valence-corrected chi connectivity index (χ3v) is 3.95. The van der Waals surface area contributed by atoms with Gasteiger partial charge in [-0.2, -0.15) is 0 Å². The Hall–Kier alpha value is -1.10. The van der Waals surface area contributed by atoms with Crippen LogP contribution in [-0.4, -0.2) is 48.1 Å². The molecule has 1 saturated heterocycles. The van der Waals surface area contributed by atoms with Crippen molar-refractivity contribution >= 4 is 11.9 Å². The van der Waals surface area contributed by atoms with Gasteiger partial charge in [0.1, 0.15) is 0 Å². The third-order valence-electron chi connectivity index (χ3n) is 3.95. The molecule has 2 unspecified atom stereocenters. The number of nitrogens with one attached hydrogen (secondary N) is 1. The van der Waals surface area contributed by atoms with Gasteiger partial charge in [-0.1, -0.05) is 20.3 Å². The molecule has 0 aromatic rings. The molecule has 0 radical (unpaired) electrons. The van der Waals surface area contributed by atoms with Gasteiger partial charge in [0.2, 0.25) is 5.91 Å². The van der Waals surface area contributed by atoms with Gasteiger partial charge in [-0.05, 0) is 38.9 Å². The summed E-state index contributed by atoms with van der Waals surface area (Å²) in [5, 5.41) is 11.7. The first-order valence-corrected chi connectivity index (χ1v) is 7.25. The molecule has 0 saturated carbocycles. The second-order valence-corrected chi connectivity index (χ2v) is 5.46. The molecule has 1 heterocycles. The molecule has 0 bridgehead atoms. The van der Waals surface area contributed by atoms with Gasteiger partial charge >= 0.3 is 5.97 Å². The maximum absolute atomic E-state index is 11.8. The van der Waals surface area contributed by atoms with E-state index < -0.39 is 17.8 Å². The SMILES string of the molecule is CC(C(=O)O)C(C)C(=O)NCCCN1CCCCC1. The Morgan fingerprint density at radius 1 is 1.16 bits per heavy atom. The molecule has 0 aromatic heterocycles. The average molecular weight is 270 g/mol. The molecular formula is C14H26N2O3. The van der Waals surface area contributed by atoms with Crippen LogP contribution < -0.4 is 5.32 Å². The normalized spacial score (nSPS) is 19.7. The van der Waals surface area contributed by atoms with Gasteiger partial charge in [0.15, 0.2) is 0 Å². The van der Waals surface area contributed by atoms with E-state index in [2.05, 4.69) is 10.2 Å². The molecule has 1 aliphatic rings. The number of nitrogens with zero attached hydrogens (tertiary/aromatic N) is 1. The van der Waals surface area contributed by atoms with Crippen molar-refractivity contribution < 1.29 is 14.7 Å². The van der Waals surface area contributed by atoms with E-state index in [0.29, 0.717) is 6.54 Å². The summed E-state index contributed by atoms with van der Waals surface area (Å²) >= 11 is 0. The van der Waals surface area contributed by atoms with Gasteiger partial charge < -0.3 is 15.3 Å². The highest BCUT2D eigenvalue weighted by atomic mass is 16.4. The van der Waals surface area contributed by atoms with Gasteiger partial charge in [0.25, 0.3) is 0 Å². The van der Waals surface area contributed by atoms with Crippen molar-refractivity contribution in [1.82, 2.24) is 10.2 Å². The number of amides is 1. The van der Waals surface area contributed by atoms with E-state index in [1.165, 1.54) is 32.4 Å². The fraction of sp³-hybridized carbons (Fsp3) is 0.857. The highest BCUT2D eigenvalue weighted by Gasteiger charge is 2.25. The van der Waals surface area contributed by atoms with E-state index in [1.807, 2.05) is 0 Å². The Bertz CT molecular complexity index is 301. The first kappa shape index (κ1) is 16.0. The van der Waals surface area contributed by atoms with E-state index >= 15 is 0 Å². The smallest absolute Gasteiger partial charge is 0.307 e. The number of hydrogen-bond acceptors (Lipinski definition) is 3. The van der Waals surface area contributed by atoms with Gasteiger partial charge in [0, 0.05) is 12.5 Å². The van der Waals surface area contributed by atoms with E-state index in [9.17, 15) is 9.59 Å². The lowest BCUT2D eigenvalue weighted by Gasteiger charge is -2.26. The van der Waals surface area contributed by atoms with Crippen molar-refractivity contribution in [3.63, 3.8) is 0 Å². The van der Waals surface area contributed by atoms with Crippen molar-refractivity contribution in [1.29, 1.82) is 0 Å². The lowest BCUT2D eigenvalue weighted by atomic mass is 9.95. The van der Waals surface area contributed by atoms with Crippen LogP contribution in [0.4, 0.5) is 0 Å². The predicted octanol–water partition coefficient (Wildman–Crippen LogP) is 1.34. The van der Waals surface area contributed by atoms with Gasteiger partial charge in [-0.25, -0.2) is 0 Å². The number of carboxylic acids is 1. The maximum Gasteiger partial charge on any atom is 0.307 e. The zero-order valence-electron chi connectivity index (χ0n) is 12.0. The summed E-state index contributed by atoms with van der Waals surface area (Å²) in [6, 6.07) is 0. The first-order chi connectivity index (χ1) is 9.02. The van der Waals surface area contributed by atoms with Crippen molar-refractivity contribution in [3.8, 4) is 0 Å². The predicted molar refractivity (Wildman–Crippen MR) is 73.9 cm³/mol. The van der Waals surface area contributed by atoms with Crippen LogP contribution in [0, 0.1) is 11.8 Å². The van der Waals surface area contributed by atoms with Crippen molar-refractivity contribution in [2.45, 2.75) is 39.5 Å². The zero-order valence-corrected chi connectivity index (χ0v) is 12.0. The van der Waals surface area contributed by atoms with Crippen molar-refractivity contribution in [3.05, 3.63) is 0 Å². The lowest BCUT2D eigenvalue weighted by molar-refractivity contribution is -0.146. The molecule has 1 aliphatic heterocycles. The molecule has 0 aromatic carbocycles. The van der Waals surface area contributed by atoms with E-state index in [1.54, 1.807) is 13.8 Å². The molecular weight excluding hydrogens is 244 g/mol. The maximum atomic E-state index is 11.8. The number of carbonyl (C=O) groups is 2. The molecule has 1 amide bonds. The summed E-state index contributed by atoms with van der Waals surface area (Å²) in [4.78, 5) is 25.0. The minimum Gasteiger partial charge on any atom is -0.481 e. The molecule has 0 aliphatic carbocycles. The van der Waals surface area contributed by atoms with Crippen LogP contribution in [0.15, 0.2) is 0 Å². The van der Waals surface area contributed by atoms with Crippen LogP contribution >= 0.6 is 0 Å². The van der Waals surface area contributed by atoms with Crippen molar-refractivity contribution in [2.24, 2.45) is 11.8 Å². The molecule has 0 spiro atoms. The summed E-state index contributed by atoms with van der Waals surface area (Å²) in [6.07, 6.45) is 4.82. The first-order valence-electron chi connectivity index (χ1n) is 7.25. The van der Waals surface area contributed by atoms with Crippen LogP contribution in [-0.2, 0) is 9.59 Å². The fourth-order valence-electron chi connectivity index (χ4n) is 2.30. The molecule has 5 nitrogen and oxygen atoms in total.